The molecule has 0 aliphatic carbocycles. The fourth-order valence-electron chi connectivity index (χ4n) is 2.66. The zero-order valence-corrected chi connectivity index (χ0v) is 14.2. The van der Waals surface area contributed by atoms with E-state index in [0.717, 1.165) is 16.2 Å². The summed E-state index contributed by atoms with van der Waals surface area (Å²) in [5, 5.41) is 5.07. The van der Waals surface area contributed by atoms with Crippen molar-refractivity contribution in [1.29, 1.82) is 0 Å². The Morgan fingerprint density at radius 2 is 2.08 bits per heavy atom. The molecule has 9 nitrogen and oxygen atoms in total. The van der Waals surface area contributed by atoms with Gasteiger partial charge in [-0.2, -0.15) is 0 Å². The minimum absolute atomic E-state index is 0.149. The molecule has 9 heteroatoms. The highest BCUT2D eigenvalue weighted by Gasteiger charge is 2.38. The minimum Gasteiger partial charge on any atom is -0.497 e. The molecule has 1 aromatic carbocycles. The van der Waals surface area contributed by atoms with E-state index in [4.69, 9.17) is 4.74 Å². The lowest BCUT2D eigenvalue weighted by molar-refractivity contribution is -0.129. The molecule has 1 aromatic heterocycles. The maximum Gasteiger partial charge on any atom is 0.324 e. The first-order valence-corrected chi connectivity index (χ1v) is 8.11. The van der Waals surface area contributed by atoms with Crippen molar-refractivity contribution in [2.45, 2.75) is 18.9 Å². The molecule has 1 aliphatic heterocycles. The van der Waals surface area contributed by atoms with Crippen molar-refractivity contribution in [2.75, 3.05) is 19.0 Å². The van der Waals surface area contributed by atoms with E-state index in [0.29, 0.717) is 12.4 Å². The largest absolute Gasteiger partial charge is 0.497 e. The number of imide groups is 1. The maximum atomic E-state index is 12.4. The van der Waals surface area contributed by atoms with Gasteiger partial charge in [-0.3, -0.25) is 19.8 Å². The van der Waals surface area contributed by atoms with Crippen LogP contribution in [0.1, 0.15) is 12.0 Å². The second-order valence-electron chi connectivity index (χ2n) is 5.78. The van der Waals surface area contributed by atoms with Crippen LogP contribution in [0, 0.1) is 0 Å². The molecule has 26 heavy (non-hydrogen) atoms. The van der Waals surface area contributed by atoms with E-state index >= 15 is 0 Å². The fourth-order valence-corrected chi connectivity index (χ4v) is 2.66. The van der Waals surface area contributed by atoms with Crippen LogP contribution in [0.2, 0.25) is 0 Å². The zero-order chi connectivity index (χ0) is 18.5. The third-order valence-corrected chi connectivity index (χ3v) is 4.04. The van der Waals surface area contributed by atoms with E-state index in [1.165, 1.54) is 6.20 Å². The fraction of sp³-hybridized carbons (Fsp3) is 0.294. The van der Waals surface area contributed by atoms with Crippen LogP contribution in [0.15, 0.2) is 36.7 Å². The number of amides is 4. The summed E-state index contributed by atoms with van der Waals surface area (Å²) in [7, 11) is 1.59. The molecule has 0 spiro atoms. The summed E-state index contributed by atoms with van der Waals surface area (Å²) in [4.78, 5) is 44.1. The molecule has 2 heterocycles. The van der Waals surface area contributed by atoms with Crippen LogP contribution in [0.5, 0.6) is 5.75 Å². The van der Waals surface area contributed by atoms with Crippen molar-refractivity contribution in [3.8, 4) is 5.75 Å². The number of nitrogens with zero attached hydrogens (tertiary/aromatic N) is 2. The molecule has 136 valence electrons. The summed E-state index contributed by atoms with van der Waals surface area (Å²) in [6.45, 7) is 0.243. The van der Waals surface area contributed by atoms with E-state index in [9.17, 15) is 14.4 Å². The molecule has 1 fully saturated rings. The predicted octanol–water partition coefficient (Wildman–Crippen LogP) is 0.910. The summed E-state index contributed by atoms with van der Waals surface area (Å²) >= 11 is 0. The van der Waals surface area contributed by atoms with Gasteiger partial charge in [-0.05, 0) is 24.1 Å². The monoisotopic (exact) mass is 357 g/mol. The molecule has 3 N–H and O–H groups in total. The van der Waals surface area contributed by atoms with Gasteiger partial charge in [0.15, 0.2) is 0 Å². The molecule has 0 unspecified atom stereocenters. The molecule has 3 rings (SSSR count). The Morgan fingerprint density at radius 3 is 2.73 bits per heavy atom. The van der Waals surface area contributed by atoms with Crippen LogP contribution < -0.4 is 15.4 Å². The van der Waals surface area contributed by atoms with Gasteiger partial charge >= 0.3 is 6.03 Å². The number of anilines is 1. The quantitative estimate of drug-likeness (QED) is 0.637. The Hall–Kier alpha value is -3.36. The summed E-state index contributed by atoms with van der Waals surface area (Å²) in [6, 6.07) is 6.05. The highest BCUT2D eigenvalue weighted by atomic mass is 16.5. The second-order valence-corrected chi connectivity index (χ2v) is 5.78. The molecule has 0 saturated carbocycles. The van der Waals surface area contributed by atoms with Crippen LogP contribution >= 0.6 is 0 Å². The van der Waals surface area contributed by atoms with Crippen molar-refractivity contribution < 1.29 is 19.1 Å². The standard InChI is InChI=1S/C17H19N5O4/c1-26-12-4-2-11(3-5-12)6-9-22-15(24)13(20-17(22)25)10-14(23)21-16-18-7-8-19-16/h2-5,7-8,13H,6,9-10H2,1H3,(H,20,25)(H2,18,19,21,23)/t13-/m1/s1. The van der Waals surface area contributed by atoms with Crippen LogP contribution in [0.3, 0.4) is 0 Å². The predicted molar refractivity (Wildman–Crippen MR) is 92.6 cm³/mol. The number of hydrogen-bond acceptors (Lipinski definition) is 5. The highest BCUT2D eigenvalue weighted by Crippen LogP contribution is 2.15. The van der Waals surface area contributed by atoms with Crippen LogP contribution in [-0.4, -0.2) is 52.4 Å². The van der Waals surface area contributed by atoms with Gasteiger partial charge in [0.25, 0.3) is 5.91 Å². The van der Waals surface area contributed by atoms with E-state index in [-0.39, 0.29) is 13.0 Å². The number of carbonyl (C=O) groups is 3. The number of methoxy groups -OCH3 is 1. The lowest BCUT2D eigenvalue weighted by Gasteiger charge is -2.13. The van der Waals surface area contributed by atoms with Crippen molar-refractivity contribution >= 4 is 23.8 Å². The number of benzene rings is 1. The first kappa shape index (κ1) is 17.5. The molecule has 1 atom stereocenters. The Bertz CT molecular complexity index is 788. The summed E-state index contributed by atoms with van der Waals surface area (Å²) in [5.41, 5.74) is 0.977. The van der Waals surface area contributed by atoms with Gasteiger partial charge in [0, 0.05) is 18.9 Å². The highest BCUT2D eigenvalue weighted by molar-refractivity contribution is 6.06. The Kier molecular flexibility index (Phi) is 5.16. The Morgan fingerprint density at radius 1 is 1.31 bits per heavy atom. The van der Waals surface area contributed by atoms with Crippen molar-refractivity contribution in [3.05, 3.63) is 42.2 Å². The second kappa shape index (κ2) is 7.68. The van der Waals surface area contributed by atoms with E-state index in [1.807, 2.05) is 24.3 Å². The number of ether oxygens (including phenoxy) is 1. The molecule has 0 radical (unpaired) electrons. The molecule has 0 bridgehead atoms. The van der Waals surface area contributed by atoms with Crippen LogP contribution in [0.25, 0.3) is 0 Å². The molecular weight excluding hydrogens is 338 g/mol. The summed E-state index contributed by atoms with van der Waals surface area (Å²) in [5.74, 6) is 0.225. The number of aromatic nitrogens is 2. The van der Waals surface area contributed by atoms with Crippen molar-refractivity contribution in [3.63, 3.8) is 0 Å². The number of carbonyl (C=O) groups excluding carboxylic acids is 3. The average molecular weight is 357 g/mol. The first-order chi connectivity index (χ1) is 12.6. The van der Waals surface area contributed by atoms with Gasteiger partial charge in [0.1, 0.15) is 11.8 Å². The molecule has 2 aromatic rings. The first-order valence-electron chi connectivity index (χ1n) is 8.11. The maximum absolute atomic E-state index is 12.4. The summed E-state index contributed by atoms with van der Waals surface area (Å²) < 4.78 is 5.10. The number of aromatic amines is 1. The van der Waals surface area contributed by atoms with Crippen molar-refractivity contribution in [2.24, 2.45) is 0 Å². The summed E-state index contributed by atoms with van der Waals surface area (Å²) in [6.07, 6.45) is 3.44. The normalized spacial score (nSPS) is 16.5. The molecular formula is C17H19N5O4. The van der Waals surface area contributed by atoms with Gasteiger partial charge in [0.05, 0.1) is 13.5 Å². The van der Waals surface area contributed by atoms with Crippen LogP contribution in [-0.2, 0) is 16.0 Å². The molecule has 4 amide bonds. The lowest BCUT2D eigenvalue weighted by atomic mass is 10.1. The van der Waals surface area contributed by atoms with Crippen LogP contribution in [0.4, 0.5) is 10.7 Å². The SMILES string of the molecule is COc1ccc(CCN2C(=O)N[C@H](CC(=O)Nc3ncc[nH]3)C2=O)cc1. The zero-order valence-electron chi connectivity index (χ0n) is 14.2. The third kappa shape index (κ3) is 4.00. The lowest BCUT2D eigenvalue weighted by Crippen LogP contribution is -2.35. The number of urea groups is 1. The number of rotatable bonds is 7. The molecule has 1 saturated heterocycles. The van der Waals surface area contributed by atoms with Gasteiger partial charge in [-0.1, -0.05) is 12.1 Å². The van der Waals surface area contributed by atoms with Gasteiger partial charge in [0.2, 0.25) is 11.9 Å². The smallest absolute Gasteiger partial charge is 0.324 e. The number of imidazole rings is 1. The Labute approximate surface area is 149 Å². The van der Waals surface area contributed by atoms with Crippen molar-refractivity contribution in [1.82, 2.24) is 20.2 Å². The molecule has 1 aliphatic rings. The van der Waals surface area contributed by atoms with Gasteiger partial charge < -0.3 is 15.0 Å². The average Bonchev–Trinajstić information content (AvgIpc) is 3.22. The van der Waals surface area contributed by atoms with Gasteiger partial charge in [-0.15, -0.1) is 0 Å². The minimum atomic E-state index is -0.867. The number of H-pyrrole nitrogens is 1. The number of hydrogen-bond donors (Lipinski definition) is 3. The van der Waals surface area contributed by atoms with Gasteiger partial charge in [-0.25, -0.2) is 9.78 Å². The van der Waals surface area contributed by atoms with E-state index < -0.39 is 23.9 Å². The topological polar surface area (TPSA) is 116 Å². The Balaban J connectivity index is 1.53. The number of nitrogens with one attached hydrogen (secondary N) is 3. The third-order valence-electron chi connectivity index (χ3n) is 4.04. The van der Waals surface area contributed by atoms with E-state index in [2.05, 4.69) is 20.6 Å². The van der Waals surface area contributed by atoms with E-state index in [1.54, 1.807) is 13.3 Å².